The van der Waals surface area contributed by atoms with Crippen molar-refractivity contribution in [2.24, 2.45) is 0 Å². The fourth-order valence-corrected chi connectivity index (χ4v) is 2.54. The minimum Gasteiger partial charge on any atom is -0.497 e. The number of carbonyl (C=O) groups excluding carboxylic acids is 1. The number of esters is 1. The number of methoxy groups -OCH3 is 2. The van der Waals surface area contributed by atoms with Crippen LogP contribution in [0.2, 0.25) is 0 Å². The predicted octanol–water partition coefficient (Wildman–Crippen LogP) is 3.22. The van der Waals surface area contributed by atoms with Crippen LogP contribution in [0, 0.1) is 0 Å². The molecule has 2 aromatic carbocycles. The average Bonchev–Trinajstić information content (AvgIpc) is 2.49. The number of nitrogens with two attached hydrogens (primary N) is 1. The van der Waals surface area contributed by atoms with Crippen molar-refractivity contribution in [3.8, 4) is 5.75 Å². The molecule has 5 heteroatoms. The molecule has 0 heterocycles. The maximum Gasteiger partial charge on any atom is 0.337 e. The Hall–Kier alpha value is -2.14. The van der Waals surface area contributed by atoms with E-state index in [4.69, 9.17) is 15.2 Å². The van der Waals surface area contributed by atoms with Crippen molar-refractivity contribution in [1.29, 1.82) is 0 Å². The van der Waals surface area contributed by atoms with Crippen LogP contribution >= 0.6 is 11.8 Å². The monoisotopic (exact) mass is 289 g/mol. The molecule has 0 bridgehead atoms. The summed E-state index contributed by atoms with van der Waals surface area (Å²) in [5, 5.41) is 0. The third kappa shape index (κ3) is 3.24. The van der Waals surface area contributed by atoms with Crippen LogP contribution in [0.1, 0.15) is 10.4 Å². The zero-order valence-electron chi connectivity index (χ0n) is 11.3. The van der Waals surface area contributed by atoms with E-state index < -0.39 is 0 Å². The molecule has 0 fully saturated rings. The highest BCUT2D eigenvalue weighted by molar-refractivity contribution is 7.99. The Kier molecular flexibility index (Phi) is 4.53. The molecule has 0 amide bonds. The van der Waals surface area contributed by atoms with Gasteiger partial charge in [-0.1, -0.05) is 11.8 Å². The largest absolute Gasteiger partial charge is 0.497 e. The molecule has 0 aliphatic rings. The molecule has 2 N–H and O–H groups in total. The summed E-state index contributed by atoms with van der Waals surface area (Å²) in [6.07, 6.45) is 0. The molecule has 0 aliphatic heterocycles. The summed E-state index contributed by atoms with van der Waals surface area (Å²) in [6, 6.07) is 12.7. The molecule has 0 spiro atoms. The first-order valence-corrected chi connectivity index (χ1v) is 6.75. The quantitative estimate of drug-likeness (QED) is 0.691. The third-order valence-electron chi connectivity index (χ3n) is 2.72. The number of rotatable bonds is 4. The molecular formula is C15H15NO3S. The first kappa shape index (κ1) is 14.3. The number of hydrogen-bond acceptors (Lipinski definition) is 5. The van der Waals surface area contributed by atoms with Gasteiger partial charge >= 0.3 is 5.97 Å². The summed E-state index contributed by atoms with van der Waals surface area (Å²) in [7, 11) is 2.98. The fraction of sp³-hybridized carbons (Fsp3) is 0.133. The summed E-state index contributed by atoms with van der Waals surface area (Å²) in [5.74, 6) is 0.423. The second-order valence-electron chi connectivity index (χ2n) is 4.02. The van der Waals surface area contributed by atoms with Gasteiger partial charge in [-0.15, -0.1) is 0 Å². The Labute approximate surface area is 121 Å². The molecule has 0 unspecified atom stereocenters. The number of carbonyl (C=O) groups is 1. The minimum absolute atomic E-state index is 0.374. The molecule has 2 rings (SSSR count). The van der Waals surface area contributed by atoms with Crippen molar-refractivity contribution in [3.05, 3.63) is 48.0 Å². The topological polar surface area (TPSA) is 61.5 Å². The van der Waals surface area contributed by atoms with Gasteiger partial charge in [0.1, 0.15) is 5.75 Å². The highest BCUT2D eigenvalue weighted by Gasteiger charge is 2.09. The number of nitrogen functional groups attached to an aromatic ring is 1. The van der Waals surface area contributed by atoms with Crippen LogP contribution in [-0.2, 0) is 4.74 Å². The molecule has 0 saturated heterocycles. The van der Waals surface area contributed by atoms with E-state index in [-0.39, 0.29) is 5.97 Å². The smallest absolute Gasteiger partial charge is 0.337 e. The van der Waals surface area contributed by atoms with Gasteiger partial charge in [-0.25, -0.2) is 4.79 Å². The van der Waals surface area contributed by atoms with E-state index in [0.717, 1.165) is 15.5 Å². The van der Waals surface area contributed by atoms with Crippen LogP contribution in [0.15, 0.2) is 52.3 Å². The Morgan fingerprint density at radius 2 is 1.80 bits per heavy atom. The summed E-state index contributed by atoms with van der Waals surface area (Å²) < 4.78 is 9.82. The van der Waals surface area contributed by atoms with E-state index in [1.54, 1.807) is 25.3 Å². The molecular weight excluding hydrogens is 274 g/mol. The summed E-state index contributed by atoms with van der Waals surface area (Å²) >= 11 is 1.49. The normalized spacial score (nSPS) is 10.1. The molecule has 4 nitrogen and oxygen atoms in total. The maximum absolute atomic E-state index is 11.5. The van der Waals surface area contributed by atoms with E-state index in [1.807, 2.05) is 24.3 Å². The SMILES string of the molecule is COC(=O)c1ccc(N)c(Sc2ccc(OC)cc2)c1. The van der Waals surface area contributed by atoms with E-state index >= 15 is 0 Å². The van der Waals surface area contributed by atoms with Crippen molar-refractivity contribution >= 4 is 23.4 Å². The van der Waals surface area contributed by atoms with Gasteiger partial charge in [0, 0.05) is 15.5 Å². The van der Waals surface area contributed by atoms with Crippen molar-refractivity contribution < 1.29 is 14.3 Å². The summed E-state index contributed by atoms with van der Waals surface area (Å²) in [6.45, 7) is 0. The van der Waals surface area contributed by atoms with Crippen molar-refractivity contribution in [1.82, 2.24) is 0 Å². The maximum atomic E-state index is 11.5. The highest BCUT2D eigenvalue weighted by Crippen LogP contribution is 2.33. The van der Waals surface area contributed by atoms with Gasteiger partial charge < -0.3 is 15.2 Å². The zero-order chi connectivity index (χ0) is 14.5. The lowest BCUT2D eigenvalue weighted by atomic mass is 10.2. The predicted molar refractivity (Wildman–Crippen MR) is 79.3 cm³/mol. The lowest BCUT2D eigenvalue weighted by molar-refractivity contribution is 0.0600. The fourth-order valence-electron chi connectivity index (χ4n) is 1.64. The molecule has 0 radical (unpaired) electrons. The number of ether oxygens (including phenoxy) is 2. The molecule has 0 saturated carbocycles. The second kappa shape index (κ2) is 6.34. The average molecular weight is 289 g/mol. The van der Waals surface area contributed by atoms with Crippen molar-refractivity contribution in [2.75, 3.05) is 20.0 Å². The third-order valence-corrected chi connectivity index (χ3v) is 3.80. The van der Waals surface area contributed by atoms with E-state index in [0.29, 0.717) is 11.3 Å². The molecule has 2 aromatic rings. The number of hydrogen-bond donors (Lipinski definition) is 1. The zero-order valence-corrected chi connectivity index (χ0v) is 12.1. The van der Waals surface area contributed by atoms with Crippen LogP contribution < -0.4 is 10.5 Å². The van der Waals surface area contributed by atoms with E-state index in [1.165, 1.54) is 18.9 Å². The van der Waals surface area contributed by atoms with Crippen LogP contribution in [0.3, 0.4) is 0 Å². The summed E-state index contributed by atoms with van der Waals surface area (Å²) in [4.78, 5) is 13.4. The van der Waals surface area contributed by atoms with Gasteiger partial charge in [-0.2, -0.15) is 0 Å². The van der Waals surface area contributed by atoms with Gasteiger partial charge in [-0.05, 0) is 42.5 Å². The molecule has 0 aliphatic carbocycles. The lowest BCUT2D eigenvalue weighted by Gasteiger charge is -2.08. The summed E-state index contributed by atoms with van der Waals surface area (Å²) in [5.41, 5.74) is 7.04. The molecule has 0 atom stereocenters. The van der Waals surface area contributed by atoms with Crippen molar-refractivity contribution in [3.63, 3.8) is 0 Å². The van der Waals surface area contributed by atoms with Crippen LogP contribution in [0.4, 0.5) is 5.69 Å². The molecule has 20 heavy (non-hydrogen) atoms. The standard InChI is InChI=1S/C15H15NO3S/c1-18-11-4-6-12(7-5-11)20-14-9-10(15(17)19-2)3-8-13(14)16/h3-9H,16H2,1-2H3. The van der Waals surface area contributed by atoms with Gasteiger partial charge in [0.05, 0.1) is 19.8 Å². The highest BCUT2D eigenvalue weighted by atomic mass is 32.2. The Balaban J connectivity index is 2.25. The Bertz CT molecular complexity index is 611. The van der Waals surface area contributed by atoms with E-state index in [2.05, 4.69) is 0 Å². The van der Waals surface area contributed by atoms with Crippen LogP contribution in [0.5, 0.6) is 5.75 Å². The van der Waals surface area contributed by atoms with Gasteiger partial charge in [0.15, 0.2) is 0 Å². The van der Waals surface area contributed by atoms with Gasteiger partial charge in [-0.3, -0.25) is 0 Å². The lowest BCUT2D eigenvalue weighted by Crippen LogP contribution is -2.02. The molecule has 104 valence electrons. The van der Waals surface area contributed by atoms with E-state index in [9.17, 15) is 4.79 Å². The molecule has 0 aromatic heterocycles. The van der Waals surface area contributed by atoms with Crippen LogP contribution in [-0.4, -0.2) is 20.2 Å². The van der Waals surface area contributed by atoms with Crippen LogP contribution in [0.25, 0.3) is 0 Å². The van der Waals surface area contributed by atoms with Crippen molar-refractivity contribution in [2.45, 2.75) is 9.79 Å². The second-order valence-corrected chi connectivity index (χ2v) is 5.14. The van der Waals surface area contributed by atoms with Gasteiger partial charge in [0.2, 0.25) is 0 Å². The Morgan fingerprint density at radius 1 is 1.10 bits per heavy atom. The van der Waals surface area contributed by atoms with Gasteiger partial charge in [0.25, 0.3) is 0 Å². The minimum atomic E-state index is -0.374. The number of anilines is 1. The first-order valence-electron chi connectivity index (χ1n) is 5.94. The number of benzene rings is 2. The first-order chi connectivity index (χ1) is 9.63. The Morgan fingerprint density at radius 3 is 2.40 bits per heavy atom.